The minimum atomic E-state index is 0.364. The highest BCUT2D eigenvalue weighted by Crippen LogP contribution is 2.17. The largest absolute Gasteiger partial charge is 0.342 e. The number of rotatable bonds is 0. The molecule has 0 unspecified atom stereocenters. The minimum Gasteiger partial charge on any atom is -0.342 e. The molecule has 0 aromatic carbocycles. The second-order valence-corrected chi connectivity index (χ2v) is 2.56. The Morgan fingerprint density at radius 2 is 2.27 bits per heavy atom. The van der Waals surface area contributed by atoms with E-state index in [2.05, 4.69) is 20.2 Å². The molecule has 2 aromatic heterocycles. The van der Waals surface area contributed by atoms with Crippen molar-refractivity contribution in [2.75, 3.05) is 0 Å². The van der Waals surface area contributed by atoms with Crippen molar-refractivity contribution in [2.24, 2.45) is 0 Å². The van der Waals surface area contributed by atoms with Crippen molar-refractivity contribution >= 4 is 22.6 Å². The lowest BCUT2D eigenvalue weighted by Crippen LogP contribution is -1.88. The second-order valence-electron chi connectivity index (χ2n) is 2.20. The number of fused-ring (bicyclic) bond motifs is 1. The smallest absolute Gasteiger partial charge is 0.177 e. The zero-order valence-corrected chi connectivity index (χ0v) is 6.55. The van der Waals surface area contributed by atoms with Gasteiger partial charge in [-0.15, -0.1) is 5.10 Å². The topological polar surface area (TPSA) is 54.5 Å². The Balaban J connectivity index is 2.96. The second kappa shape index (κ2) is 2.17. The first-order chi connectivity index (χ1) is 5.29. The third-order valence-electron chi connectivity index (χ3n) is 1.48. The summed E-state index contributed by atoms with van der Waals surface area (Å²) in [5.74, 6) is 0. The Hall–Kier alpha value is -1.16. The van der Waals surface area contributed by atoms with E-state index in [1.54, 1.807) is 6.33 Å². The molecule has 0 saturated heterocycles. The summed E-state index contributed by atoms with van der Waals surface area (Å²) in [6, 6.07) is 0. The fourth-order valence-corrected chi connectivity index (χ4v) is 1.12. The first kappa shape index (κ1) is 6.54. The molecule has 0 aliphatic carbocycles. The quantitative estimate of drug-likeness (QED) is 0.646. The van der Waals surface area contributed by atoms with Gasteiger partial charge in [-0.1, -0.05) is 11.6 Å². The SMILES string of the molecule is Cc1nnc(Cl)c2[nH]cnc12. The Morgan fingerprint density at radius 1 is 1.45 bits per heavy atom. The van der Waals surface area contributed by atoms with Gasteiger partial charge in [0.2, 0.25) is 0 Å². The van der Waals surface area contributed by atoms with Crippen LogP contribution in [0.15, 0.2) is 6.33 Å². The molecule has 0 bridgehead atoms. The summed E-state index contributed by atoms with van der Waals surface area (Å²) in [7, 11) is 0. The van der Waals surface area contributed by atoms with E-state index in [9.17, 15) is 0 Å². The molecule has 0 saturated carbocycles. The molecule has 0 fully saturated rings. The molecule has 56 valence electrons. The summed E-state index contributed by atoms with van der Waals surface area (Å²) in [6.45, 7) is 1.84. The van der Waals surface area contributed by atoms with Crippen LogP contribution in [0, 0.1) is 6.92 Å². The van der Waals surface area contributed by atoms with Crippen LogP contribution in [0.25, 0.3) is 11.0 Å². The van der Waals surface area contributed by atoms with Gasteiger partial charge in [-0.3, -0.25) is 0 Å². The Kier molecular flexibility index (Phi) is 1.29. The first-order valence-electron chi connectivity index (χ1n) is 3.11. The standard InChI is InChI=1S/C6H5ClN4/c1-3-4-5(9-2-8-4)6(7)11-10-3/h2H,1H3,(H,8,9). The summed E-state index contributed by atoms with van der Waals surface area (Å²) in [4.78, 5) is 6.92. The van der Waals surface area contributed by atoms with E-state index in [4.69, 9.17) is 11.6 Å². The summed E-state index contributed by atoms with van der Waals surface area (Å²) in [5, 5.41) is 7.90. The highest BCUT2D eigenvalue weighted by molar-refractivity contribution is 6.33. The fraction of sp³-hybridized carbons (Fsp3) is 0.167. The van der Waals surface area contributed by atoms with Crippen molar-refractivity contribution < 1.29 is 0 Å². The molecular weight excluding hydrogens is 164 g/mol. The van der Waals surface area contributed by atoms with E-state index in [1.807, 2.05) is 6.92 Å². The third-order valence-corrected chi connectivity index (χ3v) is 1.74. The Labute approximate surface area is 67.6 Å². The number of H-pyrrole nitrogens is 1. The van der Waals surface area contributed by atoms with E-state index in [0.717, 1.165) is 16.7 Å². The van der Waals surface area contributed by atoms with Gasteiger partial charge < -0.3 is 4.98 Å². The van der Waals surface area contributed by atoms with E-state index in [0.29, 0.717) is 5.15 Å². The number of aromatic nitrogens is 4. The third kappa shape index (κ3) is 0.867. The maximum atomic E-state index is 5.73. The van der Waals surface area contributed by atoms with Crippen molar-refractivity contribution in [3.8, 4) is 0 Å². The molecule has 4 nitrogen and oxygen atoms in total. The zero-order chi connectivity index (χ0) is 7.84. The monoisotopic (exact) mass is 168 g/mol. The number of hydrogen-bond acceptors (Lipinski definition) is 3. The molecule has 5 heteroatoms. The molecule has 0 spiro atoms. The van der Waals surface area contributed by atoms with Gasteiger partial charge >= 0.3 is 0 Å². The molecule has 2 aromatic rings. The van der Waals surface area contributed by atoms with Crippen molar-refractivity contribution in [2.45, 2.75) is 6.92 Å². The molecule has 0 amide bonds. The molecule has 0 radical (unpaired) electrons. The van der Waals surface area contributed by atoms with Crippen molar-refractivity contribution in [1.82, 2.24) is 20.2 Å². The van der Waals surface area contributed by atoms with Crippen LogP contribution in [-0.2, 0) is 0 Å². The number of hydrogen-bond donors (Lipinski definition) is 1. The average Bonchev–Trinajstić information content (AvgIpc) is 2.45. The van der Waals surface area contributed by atoms with Crippen LogP contribution in [0.1, 0.15) is 5.69 Å². The number of nitrogens with one attached hydrogen (secondary N) is 1. The molecule has 2 heterocycles. The highest BCUT2D eigenvalue weighted by Gasteiger charge is 2.05. The van der Waals surface area contributed by atoms with Crippen molar-refractivity contribution in [3.63, 3.8) is 0 Å². The van der Waals surface area contributed by atoms with Gasteiger partial charge in [-0.05, 0) is 6.92 Å². The van der Waals surface area contributed by atoms with E-state index >= 15 is 0 Å². The van der Waals surface area contributed by atoms with E-state index in [1.165, 1.54) is 0 Å². The fourth-order valence-electron chi connectivity index (χ4n) is 0.942. The lowest BCUT2D eigenvalue weighted by Gasteiger charge is -1.92. The molecule has 2 rings (SSSR count). The van der Waals surface area contributed by atoms with Gasteiger partial charge in [0.1, 0.15) is 11.0 Å². The summed E-state index contributed by atoms with van der Waals surface area (Å²) < 4.78 is 0. The number of aryl methyl sites for hydroxylation is 1. The average molecular weight is 169 g/mol. The number of halogens is 1. The molecular formula is C6H5ClN4. The predicted octanol–water partition coefficient (Wildman–Crippen LogP) is 1.31. The number of nitrogens with zero attached hydrogens (tertiary/aromatic N) is 3. The normalized spacial score (nSPS) is 10.7. The molecule has 0 atom stereocenters. The van der Waals surface area contributed by atoms with Gasteiger partial charge in [-0.25, -0.2) is 4.98 Å². The van der Waals surface area contributed by atoms with Crippen LogP contribution >= 0.6 is 11.6 Å². The van der Waals surface area contributed by atoms with Gasteiger partial charge in [0.15, 0.2) is 5.15 Å². The van der Waals surface area contributed by atoms with Crippen LogP contribution < -0.4 is 0 Å². The maximum absolute atomic E-state index is 5.73. The van der Waals surface area contributed by atoms with Gasteiger partial charge in [-0.2, -0.15) is 5.10 Å². The van der Waals surface area contributed by atoms with Crippen LogP contribution in [-0.4, -0.2) is 20.2 Å². The first-order valence-corrected chi connectivity index (χ1v) is 3.48. The summed E-state index contributed by atoms with van der Waals surface area (Å²) in [5.41, 5.74) is 2.31. The van der Waals surface area contributed by atoms with Crippen LogP contribution in [0.4, 0.5) is 0 Å². The van der Waals surface area contributed by atoms with Crippen LogP contribution in [0.2, 0.25) is 5.15 Å². The highest BCUT2D eigenvalue weighted by atomic mass is 35.5. The number of imidazole rings is 1. The number of aromatic amines is 1. The molecule has 1 N–H and O–H groups in total. The van der Waals surface area contributed by atoms with E-state index < -0.39 is 0 Å². The summed E-state index contributed by atoms with van der Waals surface area (Å²) >= 11 is 5.73. The maximum Gasteiger partial charge on any atom is 0.177 e. The molecule has 0 aliphatic heterocycles. The Bertz CT molecular complexity index is 358. The lowest BCUT2D eigenvalue weighted by molar-refractivity contribution is 0.997. The molecule has 0 aliphatic rings. The lowest BCUT2D eigenvalue weighted by atomic mass is 10.4. The van der Waals surface area contributed by atoms with Crippen molar-refractivity contribution in [1.29, 1.82) is 0 Å². The summed E-state index contributed by atoms with van der Waals surface area (Å²) in [6.07, 6.45) is 1.58. The van der Waals surface area contributed by atoms with Gasteiger partial charge in [0.05, 0.1) is 12.0 Å². The van der Waals surface area contributed by atoms with Crippen LogP contribution in [0.3, 0.4) is 0 Å². The van der Waals surface area contributed by atoms with Crippen molar-refractivity contribution in [3.05, 3.63) is 17.2 Å². The zero-order valence-electron chi connectivity index (χ0n) is 5.80. The molecule has 11 heavy (non-hydrogen) atoms. The van der Waals surface area contributed by atoms with Gasteiger partial charge in [0, 0.05) is 0 Å². The van der Waals surface area contributed by atoms with E-state index in [-0.39, 0.29) is 0 Å². The predicted molar refractivity (Wildman–Crippen MR) is 41.4 cm³/mol. The van der Waals surface area contributed by atoms with Crippen LogP contribution in [0.5, 0.6) is 0 Å². The Morgan fingerprint density at radius 3 is 3.00 bits per heavy atom. The minimum absolute atomic E-state index is 0.364. The van der Waals surface area contributed by atoms with Gasteiger partial charge in [0.25, 0.3) is 0 Å².